The Bertz CT molecular complexity index is 501. The molecule has 4 nitrogen and oxygen atoms in total. The van der Waals surface area contributed by atoms with E-state index in [1.165, 1.54) is 0 Å². The molecule has 0 spiro atoms. The monoisotopic (exact) mass is 319 g/mol. The van der Waals surface area contributed by atoms with Gasteiger partial charge in [0.15, 0.2) is 9.84 Å². The highest BCUT2D eigenvalue weighted by Crippen LogP contribution is 2.32. The fraction of sp³-hybridized carbons (Fsp3) is 0.455. The van der Waals surface area contributed by atoms with Crippen molar-refractivity contribution >= 4 is 31.5 Å². The van der Waals surface area contributed by atoms with E-state index in [1.807, 2.05) is 23.1 Å². The van der Waals surface area contributed by atoms with Gasteiger partial charge in [-0.25, -0.2) is 8.42 Å². The van der Waals surface area contributed by atoms with Crippen molar-refractivity contribution in [3.63, 3.8) is 0 Å². The third-order valence-corrected chi connectivity index (χ3v) is 4.93. The number of rotatable bonds is 2. The van der Waals surface area contributed by atoms with Crippen molar-refractivity contribution in [2.75, 3.05) is 36.6 Å². The average Bonchev–Trinajstić information content (AvgIpc) is 2.29. The Hall–Kier alpha value is -0.750. The third kappa shape index (κ3) is 2.93. The van der Waals surface area contributed by atoms with Crippen molar-refractivity contribution in [2.45, 2.75) is 0 Å². The first-order valence-corrected chi connectivity index (χ1v) is 7.92. The molecule has 1 heterocycles. The maximum absolute atomic E-state index is 11.4. The molecule has 1 aromatic carbocycles. The molecule has 17 heavy (non-hydrogen) atoms. The van der Waals surface area contributed by atoms with Gasteiger partial charge in [0.1, 0.15) is 5.75 Å². The zero-order valence-electron chi connectivity index (χ0n) is 9.52. The van der Waals surface area contributed by atoms with Gasteiger partial charge in [-0.2, -0.15) is 0 Å². The molecule has 0 saturated carbocycles. The van der Waals surface area contributed by atoms with Crippen LogP contribution in [0.1, 0.15) is 0 Å². The molecule has 0 radical (unpaired) electrons. The maximum Gasteiger partial charge on any atom is 0.153 e. The number of methoxy groups -OCH3 is 1. The Balaban J connectivity index is 2.26. The van der Waals surface area contributed by atoms with Gasteiger partial charge in [0, 0.05) is 17.6 Å². The van der Waals surface area contributed by atoms with Crippen molar-refractivity contribution in [1.29, 1.82) is 0 Å². The molecule has 1 aromatic rings. The topological polar surface area (TPSA) is 46.6 Å². The minimum atomic E-state index is -2.85. The Labute approximate surface area is 110 Å². The summed E-state index contributed by atoms with van der Waals surface area (Å²) in [6.45, 7) is 1.05. The van der Waals surface area contributed by atoms with E-state index in [4.69, 9.17) is 4.74 Å². The van der Waals surface area contributed by atoms with Gasteiger partial charge < -0.3 is 9.64 Å². The molecule has 0 aromatic heterocycles. The van der Waals surface area contributed by atoms with Crippen LogP contribution in [0.2, 0.25) is 0 Å². The van der Waals surface area contributed by atoms with Gasteiger partial charge in [-0.05, 0) is 18.2 Å². The molecule has 1 fully saturated rings. The molecule has 0 N–H and O–H groups in total. The largest absolute Gasteiger partial charge is 0.495 e. The van der Waals surface area contributed by atoms with Gasteiger partial charge >= 0.3 is 0 Å². The summed E-state index contributed by atoms with van der Waals surface area (Å²) in [6, 6.07) is 5.74. The molecule has 94 valence electrons. The van der Waals surface area contributed by atoms with Crippen LogP contribution >= 0.6 is 15.9 Å². The minimum Gasteiger partial charge on any atom is -0.495 e. The van der Waals surface area contributed by atoms with Crippen molar-refractivity contribution in [3.8, 4) is 5.75 Å². The average molecular weight is 320 g/mol. The van der Waals surface area contributed by atoms with Crippen LogP contribution in [0.5, 0.6) is 5.75 Å². The highest BCUT2D eigenvalue weighted by atomic mass is 79.9. The van der Waals surface area contributed by atoms with Crippen LogP contribution in [0.4, 0.5) is 5.69 Å². The lowest BCUT2D eigenvalue weighted by atomic mass is 10.2. The number of sulfone groups is 1. The number of anilines is 1. The molecule has 1 aliphatic rings. The second-order valence-electron chi connectivity index (χ2n) is 3.96. The first-order valence-electron chi connectivity index (χ1n) is 5.31. The second kappa shape index (κ2) is 4.86. The molecule has 1 saturated heterocycles. The van der Waals surface area contributed by atoms with Crippen LogP contribution in [-0.4, -0.2) is 40.1 Å². The first kappa shape index (κ1) is 12.7. The third-order valence-electron chi connectivity index (χ3n) is 2.83. The summed E-state index contributed by atoms with van der Waals surface area (Å²) >= 11 is 3.41. The number of hydrogen-bond donors (Lipinski definition) is 0. The van der Waals surface area contributed by atoms with Crippen molar-refractivity contribution < 1.29 is 13.2 Å². The van der Waals surface area contributed by atoms with E-state index in [1.54, 1.807) is 7.11 Å². The fourth-order valence-corrected chi connectivity index (χ4v) is 3.41. The lowest BCUT2D eigenvalue weighted by molar-refractivity contribution is 0.414. The molecule has 1 aliphatic heterocycles. The molecule has 0 aliphatic carbocycles. The van der Waals surface area contributed by atoms with Crippen LogP contribution in [0.15, 0.2) is 22.7 Å². The van der Waals surface area contributed by atoms with Crippen LogP contribution in [0, 0.1) is 0 Å². The fourth-order valence-electron chi connectivity index (χ4n) is 1.86. The predicted octanol–water partition coefficient (Wildman–Crippen LogP) is 1.69. The van der Waals surface area contributed by atoms with Crippen LogP contribution in [0.3, 0.4) is 0 Å². The van der Waals surface area contributed by atoms with Gasteiger partial charge in [-0.3, -0.25) is 0 Å². The van der Waals surface area contributed by atoms with E-state index >= 15 is 0 Å². The Morgan fingerprint density at radius 3 is 2.53 bits per heavy atom. The number of benzene rings is 1. The molecule has 2 rings (SSSR count). The number of ether oxygens (including phenoxy) is 1. The van der Waals surface area contributed by atoms with Gasteiger partial charge in [-0.1, -0.05) is 15.9 Å². The van der Waals surface area contributed by atoms with Crippen molar-refractivity contribution in [2.24, 2.45) is 0 Å². The quantitative estimate of drug-likeness (QED) is 0.832. The van der Waals surface area contributed by atoms with Gasteiger partial charge in [0.2, 0.25) is 0 Å². The lowest BCUT2D eigenvalue weighted by Crippen LogP contribution is -2.40. The van der Waals surface area contributed by atoms with Crippen LogP contribution < -0.4 is 9.64 Å². The summed E-state index contributed by atoms with van der Waals surface area (Å²) in [5.41, 5.74) is 0.941. The molecular weight excluding hydrogens is 306 g/mol. The second-order valence-corrected chi connectivity index (χ2v) is 7.17. The number of hydrogen-bond acceptors (Lipinski definition) is 4. The zero-order valence-corrected chi connectivity index (χ0v) is 11.9. The van der Waals surface area contributed by atoms with Crippen molar-refractivity contribution in [1.82, 2.24) is 0 Å². The molecule has 0 atom stereocenters. The normalized spacial score (nSPS) is 19.1. The number of halogens is 1. The Kier molecular flexibility index (Phi) is 3.63. The van der Waals surface area contributed by atoms with Crippen LogP contribution in [0.25, 0.3) is 0 Å². The maximum atomic E-state index is 11.4. The minimum absolute atomic E-state index is 0.211. The summed E-state index contributed by atoms with van der Waals surface area (Å²) in [5, 5.41) is 0. The molecule has 0 amide bonds. The summed E-state index contributed by atoms with van der Waals surface area (Å²) in [7, 11) is -1.23. The zero-order chi connectivity index (χ0) is 12.5. The van der Waals surface area contributed by atoms with Crippen molar-refractivity contribution in [3.05, 3.63) is 22.7 Å². The first-order chi connectivity index (χ1) is 8.02. The van der Waals surface area contributed by atoms with E-state index in [9.17, 15) is 8.42 Å². The molecular formula is C11H14BrNO3S. The lowest BCUT2D eigenvalue weighted by Gasteiger charge is -2.30. The van der Waals surface area contributed by atoms with Gasteiger partial charge in [-0.15, -0.1) is 0 Å². The Morgan fingerprint density at radius 2 is 1.94 bits per heavy atom. The summed E-state index contributed by atoms with van der Waals surface area (Å²) in [4.78, 5) is 2.05. The van der Waals surface area contributed by atoms with E-state index in [0.717, 1.165) is 15.9 Å². The van der Waals surface area contributed by atoms with E-state index < -0.39 is 9.84 Å². The summed E-state index contributed by atoms with van der Waals surface area (Å²) < 4.78 is 29.0. The highest BCUT2D eigenvalue weighted by molar-refractivity contribution is 9.10. The molecule has 0 bridgehead atoms. The van der Waals surface area contributed by atoms with Gasteiger partial charge in [0.25, 0.3) is 0 Å². The molecule has 0 unspecified atom stereocenters. The SMILES string of the molecule is COc1ccc(Br)cc1N1CCS(=O)(=O)CC1. The summed E-state index contributed by atoms with van der Waals surface area (Å²) in [5.74, 6) is 1.19. The van der Waals surface area contributed by atoms with Gasteiger partial charge in [0.05, 0.1) is 24.3 Å². The van der Waals surface area contributed by atoms with Crippen LogP contribution in [-0.2, 0) is 9.84 Å². The predicted molar refractivity (Wildman–Crippen MR) is 71.6 cm³/mol. The summed E-state index contributed by atoms with van der Waals surface area (Å²) in [6.07, 6.45) is 0. The van der Waals surface area contributed by atoms with E-state index in [0.29, 0.717) is 13.1 Å². The smallest absolute Gasteiger partial charge is 0.153 e. The van der Waals surface area contributed by atoms with E-state index in [-0.39, 0.29) is 11.5 Å². The van der Waals surface area contributed by atoms with E-state index in [2.05, 4.69) is 15.9 Å². The molecule has 6 heteroatoms. The standard InChI is InChI=1S/C11H14BrNO3S/c1-16-11-3-2-9(12)8-10(11)13-4-6-17(14,15)7-5-13/h2-3,8H,4-7H2,1H3. The Morgan fingerprint density at radius 1 is 1.29 bits per heavy atom. The number of nitrogens with zero attached hydrogens (tertiary/aromatic N) is 1. The highest BCUT2D eigenvalue weighted by Gasteiger charge is 2.23.